The Morgan fingerprint density at radius 2 is 1.55 bits per heavy atom. The lowest BCUT2D eigenvalue weighted by molar-refractivity contribution is -0.127. The van der Waals surface area contributed by atoms with Crippen molar-refractivity contribution in [2.24, 2.45) is 5.16 Å². The molecule has 0 radical (unpaired) electrons. The van der Waals surface area contributed by atoms with Crippen LogP contribution in [0.15, 0.2) is 65.8 Å². The minimum absolute atomic E-state index is 0.00506. The summed E-state index contributed by atoms with van der Waals surface area (Å²) in [7, 11) is 1.05. The summed E-state index contributed by atoms with van der Waals surface area (Å²) in [5, 5.41) is 13.2. The zero-order valence-corrected chi connectivity index (χ0v) is 15.4. The molecular weight excluding hydrogens is 388 g/mol. The minimum Gasteiger partial charge on any atom is -0.459 e. The molecule has 2 atom stereocenters. The molecule has 0 bridgehead atoms. The molecule has 7 nitrogen and oxygen atoms in total. The molecule has 2 rings (SSSR count). The van der Waals surface area contributed by atoms with Gasteiger partial charge in [-0.2, -0.15) is 8.78 Å². The van der Waals surface area contributed by atoms with E-state index in [0.29, 0.717) is 0 Å². The number of esters is 2. The molecule has 2 aromatic carbocycles. The van der Waals surface area contributed by atoms with Gasteiger partial charge in [-0.05, 0) is 24.3 Å². The number of oxime groups is 1. The molecule has 154 valence electrons. The van der Waals surface area contributed by atoms with Crippen LogP contribution in [0.1, 0.15) is 20.7 Å². The van der Waals surface area contributed by atoms with Crippen molar-refractivity contribution in [2.75, 3.05) is 13.7 Å². The van der Waals surface area contributed by atoms with E-state index in [2.05, 4.69) is 9.99 Å². The third kappa shape index (κ3) is 6.35. The van der Waals surface area contributed by atoms with E-state index in [0.717, 1.165) is 7.11 Å². The molecule has 0 aliphatic carbocycles. The molecule has 0 fully saturated rings. The van der Waals surface area contributed by atoms with E-state index in [1.807, 2.05) is 0 Å². The van der Waals surface area contributed by atoms with Gasteiger partial charge in [0, 0.05) is 0 Å². The fourth-order valence-electron chi connectivity index (χ4n) is 2.27. The predicted molar refractivity (Wildman–Crippen MR) is 98.8 cm³/mol. The summed E-state index contributed by atoms with van der Waals surface area (Å²) in [6.07, 6.45) is -4.32. The van der Waals surface area contributed by atoms with E-state index in [4.69, 9.17) is 9.47 Å². The lowest BCUT2D eigenvalue weighted by Crippen LogP contribution is -2.49. The number of hydrogen-bond donors (Lipinski definition) is 1. The summed E-state index contributed by atoms with van der Waals surface area (Å²) < 4.78 is 38.6. The summed E-state index contributed by atoms with van der Waals surface area (Å²) in [6.45, 7) is -0.836. The third-order valence-corrected chi connectivity index (χ3v) is 3.70. The number of hydrogen-bond acceptors (Lipinski definition) is 7. The van der Waals surface area contributed by atoms with Gasteiger partial charge >= 0.3 is 17.9 Å². The van der Waals surface area contributed by atoms with Crippen LogP contribution in [0.4, 0.5) is 8.78 Å². The fourth-order valence-corrected chi connectivity index (χ4v) is 2.27. The zero-order valence-electron chi connectivity index (χ0n) is 15.4. The van der Waals surface area contributed by atoms with Gasteiger partial charge in [-0.1, -0.05) is 41.6 Å². The highest BCUT2D eigenvalue weighted by molar-refractivity contribution is 5.90. The van der Waals surface area contributed by atoms with Crippen molar-refractivity contribution in [2.45, 2.75) is 18.1 Å². The van der Waals surface area contributed by atoms with E-state index < -0.39 is 36.7 Å². The van der Waals surface area contributed by atoms with Crippen LogP contribution in [-0.2, 0) is 14.3 Å². The fraction of sp³-hybridized carbons (Fsp3) is 0.250. The Kier molecular flexibility index (Phi) is 7.79. The van der Waals surface area contributed by atoms with Gasteiger partial charge in [-0.3, -0.25) is 0 Å². The van der Waals surface area contributed by atoms with Gasteiger partial charge in [0.15, 0.2) is 6.10 Å². The van der Waals surface area contributed by atoms with E-state index >= 15 is 0 Å². The van der Waals surface area contributed by atoms with Crippen LogP contribution in [-0.4, -0.2) is 55.1 Å². The third-order valence-electron chi connectivity index (χ3n) is 3.70. The number of alkyl halides is 2. The van der Waals surface area contributed by atoms with Gasteiger partial charge in [0.2, 0.25) is 0 Å². The number of carbonyl (C=O) groups excluding carboxylic acids is 2. The second-order valence-electron chi connectivity index (χ2n) is 5.82. The van der Waals surface area contributed by atoms with Crippen molar-refractivity contribution in [1.29, 1.82) is 0 Å². The van der Waals surface area contributed by atoms with Crippen LogP contribution in [0.5, 0.6) is 0 Å². The summed E-state index contributed by atoms with van der Waals surface area (Å²) in [5.41, 5.74) is 0.177. The molecule has 0 aliphatic rings. The maximum atomic E-state index is 14.4. The molecule has 0 heterocycles. The summed E-state index contributed by atoms with van der Waals surface area (Å²) in [5.74, 6) is -5.82. The van der Waals surface area contributed by atoms with Gasteiger partial charge in [0.1, 0.15) is 26.0 Å². The number of rotatable bonds is 9. The van der Waals surface area contributed by atoms with E-state index in [1.165, 1.54) is 36.4 Å². The number of halogens is 2. The maximum absolute atomic E-state index is 14.4. The Balaban J connectivity index is 2.14. The number of nitrogens with zero attached hydrogens (tertiary/aromatic N) is 1. The van der Waals surface area contributed by atoms with Crippen molar-refractivity contribution in [3.63, 3.8) is 0 Å². The largest absolute Gasteiger partial charge is 0.459 e. The zero-order chi connectivity index (χ0) is 21.3. The number of aliphatic hydroxyl groups is 1. The Labute approximate surface area is 165 Å². The minimum atomic E-state index is -3.90. The molecule has 0 aromatic heterocycles. The highest BCUT2D eigenvalue weighted by Gasteiger charge is 2.47. The molecular formula is C20H19F2NO6. The van der Waals surface area contributed by atoms with Crippen LogP contribution >= 0.6 is 0 Å². The SMILES string of the molecule is CO/N=C\C(F)(F)[C@H](OC(=O)c1ccccc1)[C@H](O)COC(=O)c1ccccc1. The number of ether oxygens (including phenoxy) is 2. The summed E-state index contributed by atoms with van der Waals surface area (Å²) in [4.78, 5) is 28.4. The van der Waals surface area contributed by atoms with Crippen molar-refractivity contribution in [3.05, 3.63) is 71.8 Å². The monoisotopic (exact) mass is 407 g/mol. The first kappa shape index (κ1) is 22.0. The maximum Gasteiger partial charge on any atom is 0.338 e. The van der Waals surface area contributed by atoms with Crippen LogP contribution in [0.2, 0.25) is 0 Å². The molecule has 0 spiro atoms. The van der Waals surface area contributed by atoms with Gasteiger partial charge < -0.3 is 19.4 Å². The van der Waals surface area contributed by atoms with Gasteiger partial charge in [0.25, 0.3) is 0 Å². The predicted octanol–water partition coefficient (Wildman–Crippen LogP) is 2.70. The number of aliphatic hydroxyl groups excluding tert-OH is 1. The molecule has 2 aromatic rings. The molecule has 0 unspecified atom stereocenters. The van der Waals surface area contributed by atoms with Crippen molar-refractivity contribution >= 4 is 18.2 Å². The smallest absolute Gasteiger partial charge is 0.338 e. The standard InChI is InChI=1S/C20H19F2NO6/c1-27-23-13-20(21,22)17(29-19(26)15-10-6-3-7-11-15)16(24)12-28-18(25)14-8-4-2-5-9-14/h2-11,13,16-17,24H,12H2,1H3/b23-13-/t16-,17-/m1/s1. The van der Waals surface area contributed by atoms with Crippen LogP contribution in [0.25, 0.3) is 0 Å². The second-order valence-corrected chi connectivity index (χ2v) is 5.82. The lowest BCUT2D eigenvalue weighted by Gasteiger charge is -2.27. The molecule has 1 N–H and O–H groups in total. The molecule has 0 amide bonds. The van der Waals surface area contributed by atoms with Gasteiger partial charge in [-0.15, -0.1) is 0 Å². The van der Waals surface area contributed by atoms with Crippen LogP contribution < -0.4 is 0 Å². The number of carbonyl (C=O) groups is 2. The highest BCUT2D eigenvalue weighted by atomic mass is 19.3. The summed E-state index contributed by atoms with van der Waals surface area (Å²) in [6, 6.07) is 15.2. The molecule has 29 heavy (non-hydrogen) atoms. The molecule has 0 saturated heterocycles. The van der Waals surface area contributed by atoms with Crippen LogP contribution in [0.3, 0.4) is 0 Å². The highest BCUT2D eigenvalue weighted by Crippen LogP contribution is 2.24. The van der Waals surface area contributed by atoms with Gasteiger partial charge in [0.05, 0.1) is 11.1 Å². The average molecular weight is 407 g/mol. The average Bonchev–Trinajstić information content (AvgIpc) is 2.75. The topological polar surface area (TPSA) is 94.4 Å². The molecule has 9 heteroatoms. The van der Waals surface area contributed by atoms with Crippen molar-refractivity contribution in [3.8, 4) is 0 Å². The number of benzene rings is 2. The second kappa shape index (κ2) is 10.3. The van der Waals surface area contributed by atoms with Gasteiger partial charge in [-0.25, -0.2) is 9.59 Å². The molecule has 0 aliphatic heterocycles. The summed E-state index contributed by atoms with van der Waals surface area (Å²) >= 11 is 0. The van der Waals surface area contributed by atoms with Crippen LogP contribution in [0, 0.1) is 0 Å². The molecule has 0 saturated carbocycles. The first-order chi connectivity index (χ1) is 13.8. The van der Waals surface area contributed by atoms with Crippen molar-refractivity contribution < 1.29 is 37.8 Å². The Bertz CT molecular complexity index is 829. The quantitative estimate of drug-likeness (QED) is 0.390. The first-order valence-electron chi connectivity index (χ1n) is 8.47. The normalized spacial score (nSPS) is 13.5. The first-order valence-corrected chi connectivity index (χ1v) is 8.47. The lowest BCUT2D eigenvalue weighted by atomic mass is 10.1. The van der Waals surface area contributed by atoms with E-state index in [9.17, 15) is 23.5 Å². The Morgan fingerprint density at radius 1 is 1.03 bits per heavy atom. The Morgan fingerprint density at radius 3 is 2.07 bits per heavy atom. The van der Waals surface area contributed by atoms with E-state index in [1.54, 1.807) is 24.3 Å². The van der Waals surface area contributed by atoms with E-state index in [-0.39, 0.29) is 17.3 Å². The Hall–Kier alpha value is -3.33. The van der Waals surface area contributed by atoms with Crippen molar-refractivity contribution in [1.82, 2.24) is 0 Å².